The average molecular weight is 847 g/mol. The zero-order valence-corrected chi connectivity index (χ0v) is 36.9. The Morgan fingerprint density at radius 1 is 0.455 bits per heavy atom. The van der Waals surface area contributed by atoms with Crippen molar-refractivity contribution < 1.29 is 4.42 Å². The van der Waals surface area contributed by atoms with Gasteiger partial charge in [0, 0.05) is 45.1 Å². The predicted octanol–water partition coefficient (Wildman–Crippen LogP) is 16.4. The largest absolute Gasteiger partial charge is 0.456 e. The summed E-state index contributed by atoms with van der Waals surface area (Å²) in [6, 6.07) is 76.5. The summed E-state index contributed by atoms with van der Waals surface area (Å²) in [4.78, 5) is 5.00. The topological polar surface area (TPSA) is 19.6 Å². The van der Waals surface area contributed by atoms with Gasteiger partial charge in [-0.1, -0.05) is 164 Å². The van der Waals surface area contributed by atoms with Gasteiger partial charge < -0.3 is 14.2 Å². The SMILES string of the molecule is Cc1ccccc1-c1ccc(N(c2ccc3c(c2)C(c2ccccc2)(c2ccccc2)c2ccc(N4c5ccccc5C5C=CC=CC54)cc2-3)c2ccc3oc4ccccc4c3c2)cc1C. The highest BCUT2D eigenvalue weighted by Gasteiger charge is 2.47. The number of fused-ring (bicyclic) bond motifs is 9. The summed E-state index contributed by atoms with van der Waals surface area (Å²) in [7, 11) is 0. The van der Waals surface area contributed by atoms with Crippen molar-refractivity contribution in [1.82, 2.24) is 0 Å². The molecule has 314 valence electrons. The Morgan fingerprint density at radius 2 is 1.09 bits per heavy atom. The number of allylic oxidation sites excluding steroid dienone is 2. The van der Waals surface area contributed by atoms with Gasteiger partial charge in [0.15, 0.2) is 0 Å². The highest BCUT2D eigenvalue weighted by atomic mass is 16.3. The quantitative estimate of drug-likeness (QED) is 0.159. The molecular weight excluding hydrogens is 801 g/mol. The summed E-state index contributed by atoms with van der Waals surface area (Å²) in [6.45, 7) is 4.44. The second-order valence-corrected chi connectivity index (χ2v) is 18.1. The third-order valence-corrected chi connectivity index (χ3v) is 14.5. The summed E-state index contributed by atoms with van der Waals surface area (Å²) in [5, 5.41) is 2.21. The summed E-state index contributed by atoms with van der Waals surface area (Å²) < 4.78 is 6.38. The van der Waals surface area contributed by atoms with Crippen molar-refractivity contribution in [2.45, 2.75) is 31.2 Å². The van der Waals surface area contributed by atoms with E-state index in [1.165, 1.54) is 72.6 Å². The van der Waals surface area contributed by atoms with Gasteiger partial charge in [-0.05, 0) is 142 Å². The molecule has 0 amide bonds. The number of para-hydroxylation sites is 2. The monoisotopic (exact) mass is 846 g/mol. The second kappa shape index (κ2) is 15.0. The van der Waals surface area contributed by atoms with E-state index in [1.54, 1.807) is 0 Å². The van der Waals surface area contributed by atoms with E-state index in [0.29, 0.717) is 5.92 Å². The molecule has 2 atom stereocenters. The summed E-state index contributed by atoms with van der Waals surface area (Å²) >= 11 is 0. The number of rotatable bonds is 7. The zero-order valence-electron chi connectivity index (χ0n) is 36.9. The molecule has 2 heterocycles. The van der Waals surface area contributed by atoms with Crippen LogP contribution in [0, 0.1) is 13.8 Å². The molecule has 2 aliphatic carbocycles. The molecule has 1 aliphatic heterocycles. The Kier molecular flexibility index (Phi) is 8.69. The fourth-order valence-electron chi connectivity index (χ4n) is 11.6. The van der Waals surface area contributed by atoms with E-state index < -0.39 is 5.41 Å². The number of aryl methyl sites for hydroxylation is 2. The third-order valence-electron chi connectivity index (χ3n) is 14.5. The summed E-state index contributed by atoms with van der Waals surface area (Å²) in [5.41, 5.74) is 20.8. The van der Waals surface area contributed by atoms with Crippen LogP contribution in [0.1, 0.15) is 44.9 Å². The molecule has 2 unspecified atom stereocenters. The molecule has 0 saturated heterocycles. The summed E-state index contributed by atoms with van der Waals surface area (Å²) in [5.74, 6) is 0.307. The minimum absolute atomic E-state index is 0.209. The molecule has 9 aromatic carbocycles. The number of benzene rings is 9. The molecule has 3 aliphatic rings. The van der Waals surface area contributed by atoms with Gasteiger partial charge >= 0.3 is 0 Å². The molecular formula is C63H46N2O. The Hall–Kier alpha value is -8.14. The van der Waals surface area contributed by atoms with E-state index in [4.69, 9.17) is 4.42 Å². The standard InChI is InChI=1S/C63H46N2O/c1-41-17-9-10-22-49(41)50-33-29-45(37-42(50)2)64(46-32-36-62-56(39-46)54-25-13-16-28-61(54)66-62)48-30-34-51-55-38-47(65-59-26-14-11-23-52(59)53-24-12-15-27-60(53)65)31-35-57(55)63(58(51)40-48,43-18-5-3-6-19-43)44-20-7-4-8-21-44/h3-40,52,59H,1-2H3. The first-order valence-corrected chi connectivity index (χ1v) is 23.1. The van der Waals surface area contributed by atoms with E-state index in [-0.39, 0.29) is 6.04 Å². The van der Waals surface area contributed by atoms with Gasteiger partial charge in [0.05, 0.1) is 11.5 Å². The van der Waals surface area contributed by atoms with Crippen LogP contribution in [0.2, 0.25) is 0 Å². The van der Waals surface area contributed by atoms with E-state index in [1.807, 2.05) is 6.07 Å². The number of anilines is 5. The van der Waals surface area contributed by atoms with Crippen molar-refractivity contribution in [2.75, 3.05) is 9.80 Å². The minimum atomic E-state index is -0.596. The van der Waals surface area contributed by atoms with Crippen LogP contribution in [0.5, 0.6) is 0 Å². The van der Waals surface area contributed by atoms with Gasteiger partial charge in [-0.25, -0.2) is 0 Å². The van der Waals surface area contributed by atoms with Crippen LogP contribution in [-0.4, -0.2) is 6.04 Å². The van der Waals surface area contributed by atoms with Crippen molar-refractivity contribution in [1.29, 1.82) is 0 Å². The zero-order chi connectivity index (χ0) is 43.9. The van der Waals surface area contributed by atoms with Gasteiger partial charge in [0.2, 0.25) is 0 Å². The number of nitrogens with zero attached hydrogens (tertiary/aromatic N) is 2. The van der Waals surface area contributed by atoms with Gasteiger partial charge in [0.1, 0.15) is 11.2 Å². The molecule has 0 N–H and O–H groups in total. The molecule has 0 spiro atoms. The molecule has 0 fully saturated rings. The lowest BCUT2D eigenvalue weighted by Gasteiger charge is -2.35. The van der Waals surface area contributed by atoms with Gasteiger partial charge in [-0.2, -0.15) is 0 Å². The lowest BCUT2D eigenvalue weighted by molar-refractivity contribution is 0.669. The van der Waals surface area contributed by atoms with Gasteiger partial charge in [0.25, 0.3) is 0 Å². The molecule has 66 heavy (non-hydrogen) atoms. The van der Waals surface area contributed by atoms with Crippen LogP contribution < -0.4 is 9.80 Å². The molecule has 0 radical (unpaired) electrons. The first-order valence-electron chi connectivity index (χ1n) is 23.1. The van der Waals surface area contributed by atoms with Crippen LogP contribution in [0.4, 0.5) is 28.4 Å². The fraction of sp³-hybridized carbons (Fsp3) is 0.0794. The molecule has 3 nitrogen and oxygen atoms in total. The third kappa shape index (κ3) is 5.69. The maximum absolute atomic E-state index is 6.38. The molecule has 13 rings (SSSR count). The highest BCUT2D eigenvalue weighted by molar-refractivity contribution is 6.06. The first-order chi connectivity index (χ1) is 32.6. The highest BCUT2D eigenvalue weighted by Crippen LogP contribution is 2.59. The van der Waals surface area contributed by atoms with Crippen molar-refractivity contribution in [3.05, 3.63) is 270 Å². The van der Waals surface area contributed by atoms with Crippen LogP contribution in [0.3, 0.4) is 0 Å². The van der Waals surface area contributed by atoms with Crippen molar-refractivity contribution >= 4 is 50.4 Å². The lowest BCUT2D eigenvalue weighted by atomic mass is 9.67. The molecule has 0 saturated carbocycles. The van der Waals surface area contributed by atoms with Crippen LogP contribution in [0.25, 0.3) is 44.2 Å². The normalized spacial score (nSPS) is 16.3. The number of hydrogen-bond donors (Lipinski definition) is 0. The average Bonchev–Trinajstić information content (AvgIpc) is 4.01. The summed E-state index contributed by atoms with van der Waals surface area (Å²) in [6.07, 6.45) is 9.13. The Morgan fingerprint density at radius 3 is 1.89 bits per heavy atom. The van der Waals surface area contributed by atoms with Gasteiger partial charge in [-0.15, -0.1) is 0 Å². The van der Waals surface area contributed by atoms with E-state index >= 15 is 0 Å². The van der Waals surface area contributed by atoms with E-state index in [9.17, 15) is 0 Å². The van der Waals surface area contributed by atoms with Crippen molar-refractivity contribution in [2.24, 2.45) is 0 Å². The van der Waals surface area contributed by atoms with Crippen LogP contribution in [0.15, 0.2) is 235 Å². The maximum Gasteiger partial charge on any atom is 0.135 e. The molecule has 1 aromatic heterocycles. The number of furan rings is 1. The Bertz CT molecular complexity index is 3560. The second-order valence-electron chi connectivity index (χ2n) is 18.1. The Labute approximate surface area is 385 Å². The van der Waals surface area contributed by atoms with Crippen LogP contribution >= 0.6 is 0 Å². The Balaban J connectivity index is 1.05. The van der Waals surface area contributed by atoms with Crippen molar-refractivity contribution in [3.8, 4) is 22.3 Å². The molecule has 10 aromatic rings. The smallest absolute Gasteiger partial charge is 0.135 e. The van der Waals surface area contributed by atoms with E-state index in [2.05, 4.69) is 248 Å². The molecule has 3 heteroatoms. The maximum atomic E-state index is 6.38. The first kappa shape index (κ1) is 38.3. The van der Waals surface area contributed by atoms with Crippen LogP contribution in [-0.2, 0) is 5.41 Å². The fourth-order valence-corrected chi connectivity index (χ4v) is 11.6. The lowest BCUT2D eigenvalue weighted by Crippen LogP contribution is -2.30. The van der Waals surface area contributed by atoms with Crippen molar-refractivity contribution in [3.63, 3.8) is 0 Å². The predicted molar refractivity (Wildman–Crippen MR) is 274 cm³/mol. The minimum Gasteiger partial charge on any atom is -0.456 e. The van der Waals surface area contributed by atoms with E-state index in [0.717, 1.165) is 39.0 Å². The number of hydrogen-bond acceptors (Lipinski definition) is 3. The van der Waals surface area contributed by atoms with Gasteiger partial charge in [-0.3, -0.25) is 0 Å². The molecule has 0 bridgehead atoms.